The van der Waals surface area contributed by atoms with E-state index in [1.807, 2.05) is 50.4 Å². The second-order valence-corrected chi connectivity index (χ2v) is 5.60. The molecule has 2 aromatic rings. The second kappa shape index (κ2) is 8.12. The zero-order valence-corrected chi connectivity index (χ0v) is 13.5. The van der Waals surface area contributed by atoms with Gasteiger partial charge < -0.3 is 10.6 Å². The van der Waals surface area contributed by atoms with E-state index in [1.54, 1.807) is 10.9 Å². The van der Waals surface area contributed by atoms with Crippen molar-refractivity contribution in [1.29, 1.82) is 0 Å². The lowest BCUT2D eigenvalue weighted by atomic mass is 10.2. The fraction of sp³-hybridized carbons (Fsp3) is 0.353. The minimum Gasteiger partial charge on any atom is -0.354 e. The molecule has 2 N–H and O–H groups in total. The predicted octanol–water partition coefficient (Wildman–Crippen LogP) is 1.30. The number of nitrogens with one attached hydrogen (secondary N) is 2. The van der Waals surface area contributed by atoms with Crippen molar-refractivity contribution in [2.45, 2.75) is 20.3 Å². The number of hydrogen-bond donors (Lipinski definition) is 2. The third-order valence-corrected chi connectivity index (χ3v) is 3.29. The molecule has 23 heavy (non-hydrogen) atoms. The summed E-state index contributed by atoms with van der Waals surface area (Å²) < 4.78 is 1.74. The van der Waals surface area contributed by atoms with Gasteiger partial charge in [-0.15, -0.1) is 0 Å². The van der Waals surface area contributed by atoms with Crippen molar-refractivity contribution in [1.82, 2.24) is 20.4 Å². The Morgan fingerprint density at radius 3 is 2.52 bits per heavy atom. The molecule has 0 spiro atoms. The molecule has 0 fully saturated rings. The topological polar surface area (TPSA) is 76.0 Å². The smallest absolute Gasteiger partial charge is 0.224 e. The van der Waals surface area contributed by atoms with Crippen LogP contribution in [0.1, 0.15) is 19.4 Å². The van der Waals surface area contributed by atoms with E-state index in [0.717, 1.165) is 11.3 Å². The molecule has 1 heterocycles. The first-order chi connectivity index (χ1) is 11.1. The molecule has 0 unspecified atom stereocenters. The number of hydrogen-bond acceptors (Lipinski definition) is 3. The quantitative estimate of drug-likeness (QED) is 0.757. The van der Waals surface area contributed by atoms with Crippen molar-refractivity contribution in [2.24, 2.45) is 5.92 Å². The Bertz CT molecular complexity index is 650. The summed E-state index contributed by atoms with van der Waals surface area (Å²) >= 11 is 0. The molecule has 6 heteroatoms. The van der Waals surface area contributed by atoms with Gasteiger partial charge in [-0.2, -0.15) is 5.10 Å². The van der Waals surface area contributed by atoms with Gasteiger partial charge in [0.15, 0.2) is 0 Å². The van der Waals surface area contributed by atoms with Crippen LogP contribution in [-0.2, 0) is 16.0 Å². The van der Waals surface area contributed by atoms with Gasteiger partial charge in [0.2, 0.25) is 11.8 Å². The van der Waals surface area contributed by atoms with E-state index in [1.165, 1.54) is 0 Å². The number of benzene rings is 1. The van der Waals surface area contributed by atoms with E-state index in [-0.39, 0.29) is 24.2 Å². The van der Waals surface area contributed by atoms with Crippen LogP contribution in [0.15, 0.2) is 42.7 Å². The molecule has 0 aliphatic heterocycles. The lowest BCUT2D eigenvalue weighted by molar-refractivity contribution is -0.124. The molecule has 0 aliphatic carbocycles. The molecule has 1 aromatic carbocycles. The third-order valence-electron chi connectivity index (χ3n) is 3.29. The van der Waals surface area contributed by atoms with Gasteiger partial charge in [0.25, 0.3) is 0 Å². The highest BCUT2D eigenvalue weighted by Gasteiger charge is 2.08. The minimum atomic E-state index is -0.0867. The molecule has 0 saturated carbocycles. The normalized spacial score (nSPS) is 10.6. The summed E-state index contributed by atoms with van der Waals surface area (Å²) in [5.74, 6) is -0.144. The molecular formula is C17H22N4O2. The van der Waals surface area contributed by atoms with Crippen LogP contribution in [0.5, 0.6) is 0 Å². The average Bonchev–Trinajstić information content (AvgIpc) is 3.00. The summed E-state index contributed by atoms with van der Waals surface area (Å²) in [4.78, 5) is 23.3. The number of aromatic nitrogens is 2. The molecule has 0 aliphatic rings. The largest absolute Gasteiger partial charge is 0.354 e. The van der Waals surface area contributed by atoms with Crippen LogP contribution in [0.3, 0.4) is 0 Å². The number of carbonyl (C=O) groups is 2. The van der Waals surface area contributed by atoms with Crippen molar-refractivity contribution >= 4 is 11.8 Å². The molecule has 6 nitrogen and oxygen atoms in total. The Morgan fingerprint density at radius 1 is 1.13 bits per heavy atom. The van der Waals surface area contributed by atoms with Gasteiger partial charge in [0.05, 0.1) is 18.3 Å². The van der Waals surface area contributed by atoms with E-state index in [9.17, 15) is 9.59 Å². The first-order valence-corrected chi connectivity index (χ1v) is 7.69. The zero-order chi connectivity index (χ0) is 16.7. The molecule has 2 amide bonds. The Kier molecular flexibility index (Phi) is 5.91. The van der Waals surface area contributed by atoms with Crippen LogP contribution < -0.4 is 10.6 Å². The highest BCUT2D eigenvalue weighted by molar-refractivity contribution is 5.79. The fourth-order valence-electron chi connectivity index (χ4n) is 2.01. The summed E-state index contributed by atoms with van der Waals surface area (Å²) in [6.07, 6.45) is 3.80. The molecular weight excluding hydrogens is 292 g/mol. The lowest BCUT2D eigenvalue weighted by Gasteiger charge is -2.08. The minimum absolute atomic E-state index is 0.0108. The molecule has 2 rings (SSSR count). The number of para-hydroxylation sites is 1. The molecule has 1 aromatic heterocycles. The average molecular weight is 314 g/mol. The predicted molar refractivity (Wildman–Crippen MR) is 88.1 cm³/mol. The van der Waals surface area contributed by atoms with E-state index in [2.05, 4.69) is 15.7 Å². The highest BCUT2D eigenvalue weighted by Crippen LogP contribution is 2.07. The second-order valence-electron chi connectivity index (χ2n) is 5.60. The van der Waals surface area contributed by atoms with Gasteiger partial charge in [-0.3, -0.25) is 9.59 Å². The van der Waals surface area contributed by atoms with E-state index in [4.69, 9.17) is 0 Å². The highest BCUT2D eigenvalue weighted by atomic mass is 16.2. The molecule has 0 radical (unpaired) electrons. The van der Waals surface area contributed by atoms with Crippen LogP contribution in [0, 0.1) is 5.92 Å². The zero-order valence-electron chi connectivity index (χ0n) is 13.5. The van der Waals surface area contributed by atoms with Crippen molar-refractivity contribution < 1.29 is 9.59 Å². The molecule has 0 saturated heterocycles. The maximum atomic E-state index is 11.9. The van der Waals surface area contributed by atoms with Crippen LogP contribution in [-0.4, -0.2) is 34.7 Å². The molecule has 0 atom stereocenters. The summed E-state index contributed by atoms with van der Waals surface area (Å²) in [6, 6.07) is 9.73. The van der Waals surface area contributed by atoms with Gasteiger partial charge in [-0.25, -0.2) is 4.68 Å². The summed E-state index contributed by atoms with van der Waals surface area (Å²) in [7, 11) is 0. The van der Waals surface area contributed by atoms with E-state index >= 15 is 0 Å². The lowest BCUT2D eigenvalue weighted by Crippen LogP contribution is -2.36. The first-order valence-electron chi connectivity index (χ1n) is 7.69. The van der Waals surface area contributed by atoms with Crippen LogP contribution in [0.2, 0.25) is 0 Å². The van der Waals surface area contributed by atoms with Crippen LogP contribution >= 0.6 is 0 Å². The summed E-state index contributed by atoms with van der Waals surface area (Å²) in [6.45, 7) is 4.52. The van der Waals surface area contributed by atoms with Gasteiger partial charge in [0, 0.05) is 25.2 Å². The van der Waals surface area contributed by atoms with Crippen molar-refractivity contribution in [3.05, 3.63) is 48.3 Å². The Balaban J connectivity index is 1.76. The maximum Gasteiger partial charge on any atom is 0.224 e. The fourth-order valence-corrected chi connectivity index (χ4v) is 2.01. The monoisotopic (exact) mass is 314 g/mol. The Labute approximate surface area is 135 Å². The van der Waals surface area contributed by atoms with Crippen molar-refractivity contribution in [2.75, 3.05) is 13.1 Å². The summed E-state index contributed by atoms with van der Waals surface area (Å²) in [5.41, 5.74) is 1.80. The SMILES string of the molecule is CC(C)C(=O)NCCNC(=O)Cc1cnn(-c2ccccc2)c1. The van der Waals surface area contributed by atoms with Crippen molar-refractivity contribution in [3.63, 3.8) is 0 Å². The van der Waals surface area contributed by atoms with Gasteiger partial charge in [-0.05, 0) is 17.7 Å². The number of rotatable bonds is 7. The van der Waals surface area contributed by atoms with E-state index in [0.29, 0.717) is 13.1 Å². The first kappa shape index (κ1) is 16.7. The van der Waals surface area contributed by atoms with Crippen molar-refractivity contribution in [3.8, 4) is 5.69 Å². The Morgan fingerprint density at radius 2 is 1.83 bits per heavy atom. The number of nitrogens with zero attached hydrogens (tertiary/aromatic N) is 2. The molecule has 0 bridgehead atoms. The van der Waals surface area contributed by atoms with E-state index < -0.39 is 0 Å². The van der Waals surface area contributed by atoms with Gasteiger partial charge >= 0.3 is 0 Å². The number of amides is 2. The van der Waals surface area contributed by atoms with Gasteiger partial charge in [-0.1, -0.05) is 32.0 Å². The van der Waals surface area contributed by atoms with Gasteiger partial charge in [0.1, 0.15) is 0 Å². The van der Waals surface area contributed by atoms with Crippen LogP contribution in [0.25, 0.3) is 5.69 Å². The standard InChI is InChI=1S/C17H22N4O2/c1-13(2)17(23)19-9-8-18-16(22)10-14-11-20-21(12-14)15-6-4-3-5-7-15/h3-7,11-13H,8-10H2,1-2H3,(H,18,22)(H,19,23). The number of carbonyl (C=O) groups excluding carboxylic acids is 2. The summed E-state index contributed by atoms with van der Waals surface area (Å²) in [5, 5.41) is 9.80. The maximum absolute atomic E-state index is 11.9. The molecule has 122 valence electrons. The Hall–Kier alpha value is -2.63. The van der Waals surface area contributed by atoms with Crippen LogP contribution in [0.4, 0.5) is 0 Å². The third kappa shape index (κ3) is 5.25.